The molecule has 29 heavy (non-hydrogen) atoms. The lowest BCUT2D eigenvalue weighted by molar-refractivity contribution is -0.116. The summed E-state index contributed by atoms with van der Waals surface area (Å²) in [7, 11) is 1.56. The van der Waals surface area contributed by atoms with Crippen LogP contribution in [0.15, 0.2) is 29.1 Å². The molecule has 0 atom stereocenters. The molecule has 4 rings (SSSR count). The lowest BCUT2D eigenvalue weighted by Gasteiger charge is -2.30. The van der Waals surface area contributed by atoms with Crippen LogP contribution in [0.4, 0.5) is 11.5 Å². The zero-order chi connectivity index (χ0) is 20.8. The molecule has 2 aromatic heterocycles. The quantitative estimate of drug-likeness (QED) is 0.679. The van der Waals surface area contributed by atoms with E-state index in [0.717, 1.165) is 15.8 Å². The minimum absolute atomic E-state index is 0.163. The predicted molar refractivity (Wildman–Crippen MR) is 112 cm³/mol. The highest BCUT2D eigenvalue weighted by molar-refractivity contribution is 7.19. The largest absolute Gasteiger partial charge is 0.497 e. The fraction of sp³-hybridized carbons (Fsp3) is 0.350. The summed E-state index contributed by atoms with van der Waals surface area (Å²) in [5, 5.41) is 3.53. The van der Waals surface area contributed by atoms with E-state index >= 15 is 0 Å². The van der Waals surface area contributed by atoms with Gasteiger partial charge in [-0.2, -0.15) is 4.98 Å². The Labute approximate surface area is 171 Å². The summed E-state index contributed by atoms with van der Waals surface area (Å²) in [5.41, 5.74) is 6.86. The maximum absolute atomic E-state index is 12.6. The van der Waals surface area contributed by atoms with Crippen LogP contribution in [-0.2, 0) is 29.1 Å². The number of thiophene rings is 1. The second-order valence-electron chi connectivity index (χ2n) is 7.55. The molecule has 0 saturated heterocycles. The first-order valence-electron chi connectivity index (χ1n) is 9.16. The molecule has 152 valence electrons. The van der Waals surface area contributed by atoms with Crippen molar-refractivity contribution >= 4 is 39.0 Å². The number of nitrogens with zero attached hydrogens (tertiary/aromatic N) is 2. The van der Waals surface area contributed by atoms with Gasteiger partial charge < -0.3 is 20.5 Å². The van der Waals surface area contributed by atoms with E-state index in [-0.39, 0.29) is 23.9 Å². The predicted octanol–water partition coefficient (Wildman–Crippen LogP) is 2.54. The van der Waals surface area contributed by atoms with E-state index in [9.17, 15) is 9.59 Å². The van der Waals surface area contributed by atoms with Crippen LogP contribution in [0.2, 0.25) is 0 Å². The average Bonchev–Trinajstić information content (AvgIpc) is 3.03. The third-order valence-electron chi connectivity index (χ3n) is 4.87. The molecule has 3 heterocycles. The van der Waals surface area contributed by atoms with Gasteiger partial charge in [-0.15, -0.1) is 11.3 Å². The number of carbonyl (C=O) groups is 1. The van der Waals surface area contributed by atoms with Gasteiger partial charge in [-0.25, -0.2) is 4.79 Å². The number of hydrogen-bond donors (Lipinski definition) is 2. The van der Waals surface area contributed by atoms with Gasteiger partial charge in [0.1, 0.15) is 22.9 Å². The van der Waals surface area contributed by atoms with E-state index < -0.39 is 5.69 Å². The Hall–Kier alpha value is -2.91. The zero-order valence-corrected chi connectivity index (χ0v) is 17.3. The highest BCUT2D eigenvalue weighted by Crippen LogP contribution is 2.40. The van der Waals surface area contributed by atoms with Crippen LogP contribution >= 0.6 is 11.3 Å². The number of aromatic nitrogens is 2. The monoisotopic (exact) mass is 414 g/mol. The number of hydrogen-bond acceptors (Lipinski definition) is 7. The van der Waals surface area contributed by atoms with Gasteiger partial charge in [0.25, 0.3) is 0 Å². The van der Waals surface area contributed by atoms with Crippen molar-refractivity contribution in [2.45, 2.75) is 39.0 Å². The van der Waals surface area contributed by atoms with Crippen molar-refractivity contribution in [3.05, 3.63) is 45.2 Å². The summed E-state index contributed by atoms with van der Waals surface area (Å²) < 4.78 is 12.4. The first-order valence-corrected chi connectivity index (χ1v) is 9.97. The Bertz CT molecular complexity index is 1170. The van der Waals surface area contributed by atoms with Crippen LogP contribution in [0.5, 0.6) is 5.75 Å². The third kappa shape index (κ3) is 3.70. The molecule has 0 bridgehead atoms. The molecule has 1 aliphatic rings. The number of amides is 1. The van der Waals surface area contributed by atoms with Gasteiger partial charge in [-0.1, -0.05) is 6.07 Å². The van der Waals surface area contributed by atoms with Gasteiger partial charge in [0.2, 0.25) is 5.91 Å². The van der Waals surface area contributed by atoms with Crippen LogP contribution in [-0.4, -0.2) is 28.2 Å². The van der Waals surface area contributed by atoms with Crippen molar-refractivity contribution in [2.75, 3.05) is 18.2 Å². The second kappa shape index (κ2) is 7.16. The van der Waals surface area contributed by atoms with Crippen molar-refractivity contribution in [1.29, 1.82) is 0 Å². The van der Waals surface area contributed by atoms with Crippen molar-refractivity contribution in [3.8, 4) is 5.75 Å². The van der Waals surface area contributed by atoms with Gasteiger partial charge in [0.05, 0.1) is 24.7 Å². The average molecular weight is 414 g/mol. The first-order chi connectivity index (χ1) is 13.8. The number of benzene rings is 1. The SMILES string of the molecule is COc1cccc(NC(=O)Cn2c(=O)nc(N)c3c4c(sc32)COC(C)(C)C4)c1. The molecule has 0 unspecified atom stereocenters. The van der Waals surface area contributed by atoms with Crippen LogP contribution < -0.4 is 21.5 Å². The van der Waals surface area contributed by atoms with Gasteiger partial charge in [0.15, 0.2) is 0 Å². The number of nitrogens with one attached hydrogen (secondary N) is 1. The molecule has 8 nitrogen and oxygen atoms in total. The van der Waals surface area contributed by atoms with Crippen LogP contribution in [0.25, 0.3) is 10.2 Å². The third-order valence-corrected chi connectivity index (χ3v) is 6.10. The van der Waals surface area contributed by atoms with Crippen LogP contribution in [0.3, 0.4) is 0 Å². The normalized spacial score (nSPS) is 15.1. The molecule has 3 N–H and O–H groups in total. The number of carbonyl (C=O) groups excluding carboxylic acids is 1. The van der Waals surface area contributed by atoms with Crippen molar-refractivity contribution < 1.29 is 14.3 Å². The molecule has 0 spiro atoms. The smallest absolute Gasteiger partial charge is 0.351 e. The number of nitrogen functional groups attached to an aromatic ring is 1. The summed E-state index contributed by atoms with van der Waals surface area (Å²) in [6.45, 7) is 4.32. The number of ether oxygens (including phenoxy) is 2. The molecule has 0 saturated carbocycles. The minimum Gasteiger partial charge on any atom is -0.497 e. The van der Waals surface area contributed by atoms with Gasteiger partial charge in [-0.3, -0.25) is 9.36 Å². The van der Waals surface area contributed by atoms with E-state index in [0.29, 0.717) is 29.3 Å². The molecule has 0 fully saturated rings. The number of rotatable bonds is 4. The minimum atomic E-state index is -0.547. The summed E-state index contributed by atoms with van der Waals surface area (Å²) in [6, 6.07) is 7.02. The molecule has 1 aliphatic heterocycles. The van der Waals surface area contributed by atoms with Crippen LogP contribution in [0, 0.1) is 0 Å². The second-order valence-corrected chi connectivity index (χ2v) is 8.64. The Morgan fingerprint density at radius 1 is 1.45 bits per heavy atom. The Balaban J connectivity index is 1.69. The Morgan fingerprint density at radius 3 is 3.00 bits per heavy atom. The number of fused-ring (bicyclic) bond motifs is 3. The Morgan fingerprint density at radius 2 is 2.24 bits per heavy atom. The van der Waals surface area contributed by atoms with E-state index in [1.165, 1.54) is 15.9 Å². The topological polar surface area (TPSA) is 108 Å². The molecule has 3 aromatic rings. The van der Waals surface area contributed by atoms with E-state index in [2.05, 4.69) is 10.3 Å². The lowest BCUT2D eigenvalue weighted by Crippen LogP contribution is -2.31. The van der Waals surface area contributed by atoms with Crippen molar-refractivity contribution in [2.24, 2.45) is 0 Å². The molecule has 1 amide bonds. The fourth-order valence-electron chi connectivity index (χ4n) is 3.48. The maximum atomic E-state index is 12.6. The van der Waals surface area contributed by atoms with Crippen molar-refractivity contribution in [3.63, 3.8) is 0 Å². The first kappa shape index (κ1) is 19.4. The van der Waals surface area contributed by atoms with Crippen molar-refractivity contribution in [1.82, 2.24) is 9.55 Å². The Kier molecular flexibility index (Phi) is 4.79. The molecule has 9 heteroatoms. The zero-order valence-electron chi connectivity index (χ0n) is 16.4. The van der Waals surface area contributed by atoms with Gasteiger partial charge in [-0.05, 0) is 31.5 Å². The molecular weight excluding hydrogens is 392 g/mol. The van der Waals surface area contributed by atoms with Crippen LogP contribution in [0.1, 0.15) is 24.3 Å². The van der Waals surface area contributed by atoms with Gasteiger partial charge >= 0.3 is 5.69 Å². The molecule has 1 aromatic carbocycles. The van der Waals surface area contributed by atoms with E-state index in [4.69, 9.17) is 15.2 Å². The molecule has 0 radical (unpaired) electrons. The van der Waals surface area contributed by atoms with E-state index in [1.807, 2.05) is 13.8 Å². The molecular formula is C20H22N4O4S. The number of anilines is 2. The highest BCUT2D eigenvalue weighted by Gasteiger charge is 2.31. The summed E-state index contributed by atoms with van der Waals surface area (Å²) in [5.74, 6) is 0.492. The summed E-state index contributed by atoms with van der Waals surface area (Å²) >= 11 is 1.43. The highest BCUT2D eigenvalue weighted by atomic mass is 32.1. The van der Waals surface area contributed by atoms with E-state index in [1.54, 1.807) is 31.4 Å². The van der Waals surface area contributed by atoms with Gasteiger partial charge in [0, 0.05) is 23.1 Å². The maximum Gasteiger partial charge on any atom is 0.351 e. The fourth-order valence-corrected chi connectivity index (χ4v) is 4.72. The number of methoxy groups -OCH3 is 1. The summed E-state index contributed by atoms with van der Waals surface area (Å²) in [6.07, 6.45) is 0.669. The standard InChI is InChI=1S/C20H22N4O4S/c1-20(2)8-13-14(10-28-20)29-18-16(13)17(21)23-19(26)24(18)9-15(25)22-11-5-4-6-12(7-11)27-3/h4-7H,8-10H2,1-3H3,(H,22,25)(H2,21,23,26). The molecule has 0 aliphatic carbocycles. The summed E-state index contributed by atoms with van der Waals surface area (Å²) in [4.78, 5) is 30.8. The lowest BCUT2D eigenvalue weighted by atomic mass is 9.94. The number of nitrogens with two attached hydrogens (primary N) is 1.